The quantitative estimate of drug-likeness (QED) is 0.561. The van der Waals surface area contributed by atoms with E-state index in [1.54, 1.807) is 6.07 Å². The number of aromatic hydroxyl groups is 3. The molecule has 3 rings (SSSR count). The van der Waals surface area contributed by atoms with Crippen molar-refractivity contribution in [3.05, 3.63) is 52.6 Å². The maximum absolute atomic E-state index is 12.9. The predicted octanol–water partition coefficient (Wildman–Crippen LogP) is 3.68. The molecule has 6 nitrogen and oxygen atoms in total. The molecule has 0 saturated carbocycles. The van der Waals surface area contributed by atoms with Crippen LogP contribution in [-0.4, -0.2) is 34.8 Å². The van der Waals surface area contributed by atoms with Gasteiger partial charge in [-0.25, -0.2) is 0 Å². The average Bonchev–Trinajstić information content (AvgIpc) is 2.63. The molecule has 2 aromatic rings. The fourth-order valence-corrected chi connectivity index (χ4v) is 3.18. The molecule has 0 aliphatic carbocycles. The summed E-state index contributed by atoms with van der Waals surface area (Å²) in [5.74, 6) is -1.31. The minimum Gasteiger partial charge on any atom is -0.508 e. The molecule has 2 aromatic carbocycles. The molecule has 1 aliphatic heterocycles. The van der Waals surface area contributed by atoms with Crippen LogP contribution in [-0.2, 0) is 6.42 Å². The molecule has 0 amide bonds. The first-order valence-corrected chi connectivity index (χ1v) is 8.58. The van der Waals surface area contributed by atoms with Gasteiger partial charge in [0.1, 0.15) is 18.1 Å². The van der Waals surface area contributed by atoms with Crippen LogP contribution in [0.4, 0.5) is 0 Å². The van der Waals surface area contributed by atoms with Crippen LogP contribution in [0.25, 0.3) is 0 Å². The standard InChI is InChI=1S/C21H22O6/c1-11(2)4-5-12-8-15(19(24)20(25)21(12)26-3)16-10-27-17-9-13(22)6-7-14(17)18(16)23/h4,6-9,16,22,24-25H,5,10H2,1-3H3. The summed E-state index contributed by atoms with van der Waals surface area (Å²) in [6.45, 7) is 3.91. The Morgan fingerprint density at radius 2 is 1.96 bits per heavy atom. The summed E-state index contributed by atoms with van der Waals surface area (Å²) in [6.07, 6.45) is 2.45. The number of carbonyl (C=O) groups is 1. The average molecular weight is 370 g/mol. The summed E-state index contributed by atoms with van der Waals surface area (Å²) in [7, 11) is 1.41. The van der Waals surface area contributed by atoms with Gasteiger partial charge < -0.3 is 24.8 Å². The number of hydrogen-bond donors (Lipinski definition) is 3. The van der Waals surface area contributed by atoms with Gasteiger partial charge in [-0.3, -0.25) is 4.79 Å². The van der Waals surface area contributed by atoms with Crippen molar-refractivity contribution in [3.63, 3.8) is 0 Å². The van der Waals surface area contributed by atoms with Gasteiger partial charge in [0, 0.05) is 17.2 Å². The Hall–Kier alpha value is -3.15. The second kappa shape index (κ2) is 7.23. The Bertz CT molecular complexity index is 925. The van der Waals surface area contributed by atoms with Crippen molar-refractivity contribution in [1.29, 1.82) is 0 Å². The SMILES string of the molecule is COc1c(CC=C(C)C)cc(C2COc3cc(O)ccc3C2=O)c(O)c1O. The number of methoxy groups -OCH3 is 1. The normalized spacial score (nSPS) is 15.7. The summed E-state index contributed by atoms with van der Waals surface area (Å²) in [5, 5.41) is 30.4. The van der Waals surface area contributed by atoms with Crippen LogP contribution in [0.5, 0.6) is 28.7 Å². The van der Waals surface area contributed by atoms with E-state index < -0.39 is 17.4 Å². The highest BCUT2D eigenvalue weighted by Gasteiger charge is 2.34. The van der Waals surface area contributed by atoms with Gasteiger partial charge >= 0.3 is 0 Å². The highest BCUT2D eigenvalue weighted by molar-refractivity contribution is 6.04. The number of phenols is 3. The number of phenolic OH excluding ortho intramolecular Hbond substituents is 3. The lowest BCUT2D eigenvalue weighted by Crippen LogP contribution is -2.26. The molecule has 0 fully saturated rings. The van der Waals surface area contributed by atoms with E-state index in [2.05, 4.69) is 0 Å². The van der Waals surface area contributed by atoms with E-state index in [0.29, 0.717) is 23.3 Å². The molecular formula is C21H22O6. The minimum absolute atomic E-state index is 0.00327. The molecule has 1 unspecified atom stereocenters. The monoisotopic (exact) mass is 370 g/mol. The molecule has 1 heterocycles. The first-order chi connectivity index (χ1) is 12.8. The molecule has 1 atom stereocenters. The van der Waals surface area contributed by atoms with Crippen LogP contribution in [0.3, 0.4) is 0 Å². The highest BCUT2D eigenvalue weighted by atomic mass is 16.5. The smallest absolute Gasteiger partial charge is 0.201 e. The van der Waals surface area contributed by atoms with Gasteiger partial charge in [-0.05, 0) is 38.5 Å². The van der Waals surface area contributed by atoms with Gasteiger partial charge in [0.05, 0.1) is 18.6 Å². The summed E-state index contributed by atoms with van der Waals surface area (Å²) < 4.78 is 10.9. The fourth-order valence-electron chi connectivity index (χ4n) is 3.18. The number of benzene rings is 2. The van der Waals surface area contributed by atoms with E-state index in [4.69, 9.17) is 9.47 Å². The maximum atomic E-state index is 12.9. The number of Topliss-reactive ketones (excluding diaryl/α,β-unsaturated/α-hetero) is 1. The zero-order valence-electron chi connectivity index (χ0n) is 15.4. The van der Waals surface area contributed by atoms with Crippen molar-refractivity contribution in [2.24, 2.45) is 0 Å². The zero-order valence-corrected chi connectivity index (χ0v) is 15.4. The Balaban J connectivity index is 2.07. The fraction of sp³-hybridized carbons (Fsp3) is 0.286. The van der Waals surface area contributed by atoms with Crippen LogP contribution in [0.1, 0.15) is 41.3 Å². The maximum Gasteiger partial charge on any atom is 0.201 e. The van der Waals surface area contributed by atoms with Crippen molar-refractivity contribution < 1.29 is 29.6 Å². The highest BCUT2D eigenvalue weighted by Crippen LogP contribution is 2.46. The minimum atomic E-state index is -0.774. The number of rotatable bonds is 4. The van der Waals surface area contributed by atoms with Crippen molar-refractivity contribution in [3.8, 4) is 28.7 Å². The molecule has 142 valence electrons. The van der Waals surface area contributed by atoms with E-state index in [0.717, 1.165) is 5.57 Å². The number of hydrogen-bond acceptors (Lipinski definition) is 6. The molecule has 0 radical (unpaired) electrons. The Labute approximate surface area is 157 Å². The van der Waals surface area contributed by atoms with Crippen LogP contribution < -0.4 is 9.47 Å². The van der Waals surface area contributed by atoms with Crippen LogP contribution >= 0.6 is 0 Å². The van der Waals surface area contributed by atoms with E-state index in [9.17, 15) is 20.1 Å². The van der Waals surface area contributed by atoms with Crippen LogP contribution in [0.2, 0.25) is 0 Å². The van der Waals surface area contributed by atoms with E-state index in [1.807, 2.05) is 19.9 Å². The topological polar surface area (TPSA) is 96.2 Å². The van der Waals surface area contributed by atoms with Gasteiger partial charge in [-0.2, -0.15) is 0 Å². The number of allylic oxidation sites excluding steroid dienone is 2. The van der Waals surface area contributed by atoms with Gasteiger partial charge in [0.15, 0.2) is 17.3 Å². The number of fused-ring (bicyclic) bond motifs is 1. The van der Waals surface area contributed by atoms with Crippen LogP contribution in [0, 0.1) is 0 Å². The zero-order chi connectivity index (χ0) is 19.7. The van der Waals surface area contributed by atoms with E-state index >= 15 is 0 Å². The molecule has 0 bridgehead atoms. The third kappa shape index (κ3) is 3.43. The Morgan fingerprint density at radius 1 is 1.22 bits per heavy atom. The predicted molar refractivity (Wildman–Crippen MR) is 100 cm³/mol. The molecule has 6 heteroatoms. The summed E-state index contributed by atoms with van der Waals surface area (Å²) in [6, 6.07) is 5.96. The molecule has 0 saturated heterocycles. The lowest BCUT2D eigenvalue weighted by Gasteiger charge is -2.26. The molecule has 27 heavy (non-hydrogen) atoms. The number of carbonyl (C=O) groups excluding carboxylic acids is 1. The van der Waals surface area contributed by atoms with Crippen LogP contribution in [0.15, 0.2) is 35.9 Å². The number of ether oxygens (including phenoxy) is 2. The second-order valence-corrected chi connectivity index (χ2v) is 6.75. The summed E-state index contributed by atoms with van der Waals surface area (Å²) in [5.41, 5.74) is 2.36. The Kier molecular flexibility index (Phi) is 4.99. The lowest BCUT2D eigenvalue weighted by atomic mass is 9.86. The third-order valence-electron chi connectivity index (χ3n) is 4.60. The molecular weight excluding hydrogens is 348 g/mol. The third-order valence-corrected chi connectivity index (χ3v) is 4.60. The molecule has 1 aliphatic rings. The van der Waals surface area contributed by atoms with Gasteiger partial charge in [-0.1, -0.05) is 11.6 Å². The first-order valence-electron chi connectivity index (χ1n) is 8.58. The van der Waals surface area contributed by atoms with Gasteiger partial charge in [0.2, 0.25) is 5.75 Å². The second-order valence-electron chi connectivity index (χ2n) is 6.75. The first kappa shape index (κ1) is 18.6. The van der Waals surface area contributed by atoms with Crippen molar-refractivity contribution >= 4 is 5.78 Å². The number of ketones is 1. The molecule has 3 N–H and O–H groups in total. The van der Waals surface area contributed by atoms with Crippen molar-refractivity contribution in [2.75, 3.05) is 13.7 Å². The van der Waals surface area contributed by atoms with Crippen molar-refractivity contribution in [2.45, 2.75) is 26.2 Å². The Morgan fingerprint density at radius 3 is 2.63 bits per heavy atom. The van der Waals surface area contributed by atoms with Gasteiger partial charge in [0.25, 0.3) is 0 Å². The van der Waals surface area contributed by atoms with Gasteiger partial charge in [-0.15, -0.1) is 0 Å². The summed E-state index contributed by atoms with van der Waals surface area (Å²) >= 11 is 0. The summed E-state index contributed by atoms with van der Waals surface area (Å²) in [4.78, 5) is 12.9. The molecule has 0 aromatic heterocycles. The lowest BCUT2D eigenvalue weighted by molar-refractivity contribution is 0.0893. The largest absolute Gasteiger partial charge is 0.508 e. The van der Waals surface area contributed by atoms with Crippen molar-refractivity contribution in [1.82, 2.24) is 0 Å². The van der Waals surface area contributed by atoms with E-state index in [1.165, 1.54) is 25.3 Å². The molecule has 0 spiro atoms. The van der Waals surface area contributed by atoms with E-state index in [-0.39, 0.29) is 29.5 Å².